The second-order valence-corrected chi connectivity index (χ2v) is 13.9. The highest BCUT2D eigenvalue weighted by molar-refractivity contribution is 6.83. The molecule has 2 atom stereocenters. The van der Waals surface area contributed by atoms with Gasteiger partial charge in [-0.3, -0.25) is 10.2 Å². The van der Waals surface area contributed by atoms with Crippen LogP contribution in [0.2, 0.25) is 19.6 Å². The Kier molecular flexibility index (Phi) is 5.59. The molecule has 2 bridgehead atoms. The van der Waals surface area contributed by atoms with Gasteiger partial charge in [0.25, 0.3) is 0 Å². The number of carbonyl (C=O) groups is 1. The van der Waals surface area contributed by atoms with Crippen molar-refractivity contribution in [2.75, 3.05) is 12.8 Å². The molecular formula is C22H31N3OSi. The fraction of sp³-hybridized carbons (Fsp3) is 0.545. The highest BCUT2D eigenvalue weighted by Gasteiger charge is 2.39. The Bertz CT molecular complexity index is 801. The standard InChI is InChI=1S/C22H31N3OSi/c1-25-17-6-7-18(25)12-16(11-17)14-21(26)22(24)19-13-15(5-8-20(19)23)9-10-27(2,3)4/h5,8,13,16-18,24H,6-7,11-12,14,23H2,1-4H3. The highest BCUT2D eigenvalue weighted by Crippen LogP contribution is 2.38. The molecule has 0 aliphatic carbocycles. The van der Waals surface area contributed by atoms with Gasteiger partial charge in [0.15, 0.2) is 5.78 Å². The van der Waals surface area contributed by atoms with Gasteiger partial charge in [0.1, 0.15) is 13.8 Å². The third-order valence-corrected chi connectivity index (χ3v) is 6.73. The summed E-state index contributed by atoms with van der Waals surface area (Å²) in [6.07, 6.45) is 5.10. The summed E-state index contributed by atoms with van der Waals surface area (Å²) < 4.78 is 0. The molecule has 27 heavy (non-hydrogen) atoms. The van der Waals surface area contributed by atoms with E-state index in [0.717, 1.165) is 18.4 Å². The molecule has 0 amide bonds. The number of ketones is 1. The maximum Gasteiger partial charge on any atom is 0.181 e. The molecule has 2 fully saturated rings. The molecule has 1 aromatic rings. The minimum absolute atomic E-state index is 0.0374. The number of fused-ring (bicyclic) bond motifs is 2. The van der Waals surface area contributed by atoms with Crippen LogP contribution in [0.25, 0.3) is 0 Å². The summed E-state index contributed by atoms with van der Waals surface area (Å²) in [5.74, 6) is 3.49. The average Bonchev–Trinajstić information content (AvgIpc) is 2.81. The molecule has 1 aromatic carbocycles. The average molecular weight is 382 g/mol. The van der Waals surface area contributed by atoms with Crippen LogP contribution >= 0.6 is 0 Å². The van der Waals surface area contributed by atoms with Crippen molar-refractivity contribution in [3.05, 3.63) is 29.3 Å². The van der Waals surface area contributed by atoms with Crippen molar-refractivity contribution in [1.29, 1.82) is 5.41 Å². The molecule has 3 N–H and O–H groups in total. The predicted molar refractivity (Wildman–Crippen MR) is 115 cm³/mol. The number of nitrogen functional groups attached to an aromatic ring is 1. The van der Waals surface area contributed by atoms with Gasteiger partial charge >= 0.3 is 0 Å². The van der Waals surface area contributed by atoms with E-state index in [0.29, 0.717) is 35.7 Å². The first kappa shape index (κ1) is 19.8. The first-order chi connectivity index (χ1) is 12.6. The molecule has 0 spiro atoms. The van der Waals surface area contributed by atoms with E-state index >= 15 is 0 Å². The number of nitrogens with two attached hydrogens (primary N) is 1. The lowest BCUT2D eigenvalue weighted by Crippen LogP contribution is -2.40. The Morgan fingerprint density at radius 3 is 2.48 bits per heavy atom. The van der Waals surface area contributed by atoms with Crippen molar-refractivity contribution in [2.24, 2.45) is 5.92 Å². The van der Waals surface area contributed by atoms with Crippen LogP contribution in [0.5, 0.6) is 0 Å². The Hall–Kier alpha value is -1.90. The molecule has 2 aliphatic rings. The molecule has 5 heteroatoms. The summed E-state index contributed by atoms with van der Waals surface area (Å²) in [4.78, 5) is 15.3. The van der Waals surface area contributed by atoms with Gasteiger partial charge in [0.05, 0.1) is 0 Å². The minimum Gasteiger partial charge on any atom is -0.398 e. The summed E-state index contributed by atoms with van der Waals surface area (Å²) in [7, 11) is 0.725. The van der Waals surface area contributed by atoms with Crippen LogP contribution in [0, 0.1) is 22.8 Å². The molecular weight excluding hydrogens is 350 g/mol. The molecule has 0 aromatic heterocycles. The summed E-state index contributed by atoms with van der Waals surface area (Å²) >= 11 is 0. The molecule has 2 unspecified atom stereocenters. The van der Waals surface area contributed by atoms with Crippen molar-refractivity contribution in [1.82, 2.24) is 4.90 Å². The lowest BCUT2D eigenvalue weighted by atomic mass is 9.85. The third kappa shape index (κ3) is 4.69. The van der Waals surface area contributed by atoms with E-state index in [1.165, 1.54) is 12.8 Å². The molecule has 2 heterocycles. The molecule has 4 nitrogen and oxygen atoms in total. The van der Waals surface area contributed by atoms with Crippen molar-refractivity contribution >= 4 is 25.3 Å². The first-order valence-corrected chi connectivity index (χ1v) is 13.4. The number of nitrogens with one attached hydrogen (secondary N) is 1. The zero-order valence-electron chi connectivity index (χ0n) is 16.9. The highest BCUT2D eigenvalue weighted by atomic mass is 28.3. The SMILES string of the molecule is CN1C2CCC1CC(CC(=O)C(=N)c1cc(C#C[Si](C)(C)C)ccc1N)C2. The number of hydrogen-bond donors (Lipinski definition) is 2. The lowest BCUT2D eigenvalue weighted by molar-refractivity contribution is -0.114. The van der Waals surface area contributed by atoms with Gasteiger partial charge in [0.2, 0.25) is 0 Å². The molecule has 144 valence electrons. The van der Waals surface area contributed by atoms with E-state index in [4.69, 9.17) is 11.1 Å². The summed E-state index contributed by atoms with van der Waals surface area (Å²) in [5, 5.41) is 8.42. The van der Waals surface area contributed by atoms with E-state index in [9.17, 15) is 4.79 Å². The molecule has 2 saturated heterocycles. The number of carbonyl (C=O) groups excluding carboxylic acids is 1. The summed E-state index contributed by atoms with van der Waals surface area (Å²) in [6, 6.07) is 6.67. The van der Waals surface area contributed by atoms with Crippen LogP contribution in [0.3, 0.4) is 0 Å². The van der Waals surface area contributed by atoms with E-state index < -0.39 is 8.07 Å². The van der Waals surface area contributed by atoms with Crippen LogP contribution < -0.4 is 5.73 Å². The van der Waals surface area contributed by atoms with Gasteiger partial charge in [-0.05, 0) is 56.8 Å². The normalized spacial score (nSPS) is 25.0. The van der Waals surface area contributed by atoms with E-state index in [2.05, 4.69) is 43.1 Å². The van der Waals surface area contributed by atoms with Gasteiger partial charge in [-0.25, -0.2) is 0 Å². The van der Waals surface area contributed by atoms with Gasteiger partial charge in [0, 0.05) is 35.3 Å². The summed E-state index contributed by atoms with van der Waals surface area (Å²) in [5.41, 5.74) is 11.3. The van der Waals surface area contributed by atoms with Crippen LogP contribution in [0.1, 0.15) is 43.2 Å². The Labute approximate surface area is 164 Å². The lowest BCUT2D eigenvalue weighted by Gasteiger charge is -2.36. The van der Waals surface area contributed by atoms with Crippen LogP contribution in [-0.2, 0) is 4.79 Å². The van der Waals surface area contributed by atoms with Crippen molar-refractivity contribution < 1.29 is 4.79 Å². The second kappa shape index (κ2) is 7.61. The Balaban J connectivity index is 1.71. The van der Waals surface area contributed by atoms with Crippen molar-refractivity contribution in [2.45, 2.75) is 63.8 Å². The quantitative estimate of drug-likeness (QED) is 0.362. The monoisotopic (exact) mass is 381 g/mol. The fourth-order valence-electron chi connectivity index (χ4n) is 4.32. The first-order valence-electron chi connectivity index (χ1n) is 9.91. The van der Waals surface area contributed by atoms with Crippen LogP contribution in [0.15, 0.2) is 18.2 Å². The third-order valence-electron chi connectivity index (χ3n) is 5.85. The zero-order chi connectivity index (χ0) is 19.8. The smallest absolute Gasteiger partial charge is 0.181 e. The van der Waals surface area contributed by atoms with Crippen molar-refractivity contribution in [3.8, 4) is 11.5 Å². The number of Topliss-reactive ketones (excluding diaryl/α,β-unsaturated/α-hetero) is 1. The number of anilines is 1. The molecule has 2 aliphatic heterocycles. The molecule has 3 rings (SSSR count). The number of nitrogens with zero attached hydrogens (tertiary/aromatic N) is 1. The zero-order valence-corrected chi connectivity index (χ0v) is 17.9. The van der Waals surface area contributed by atoms with Crippen molar-refractivity contribution in [3.63, 3.8) is 0 Å². The van der Waals surface area contributed by atoms with Gasteiger partial charge in [-0.1, -0.05) is 25.6 Å². The van der Waals surface area contributed by atoms with Gasteiger partial charge in [-0.15, -0.1) is 5.54 Å². The number of piperidine rings is 1. The van der Waals surface area contributed by atoms with E-state index in [-0.39, 0.29) is 11.5 Å². The predicted octanol–water partition coefficient (Wildman–Crippen LogP) is 3.70. The van der Waals surface area contributed by atoms with Crippen LogP contribution in [-0.4, -0.2) is 43.6 Å². The molecule has 0 saturated carbocycles. The minimum atomic E-state index is -1.48. The largest absolute Gasteiger partial charge is 0.398 e. The topological polar surface area (TPSA) is 70.2 Å². The summed E-state index contributed by atoms with van der Waals surface area (Å²) in [6.45, 7) is 6.58. The van der Waals surface area contributed by atoms with E-state index in [1.807, 2.05) is 6.07 Å². The fourth-order valence-corrected chi connectivity index (χ4v) is 4.83. The number of hydrogen-bond acceptors (Lipinski definition) is 4. The Morgan fingerprint density at radius 2 is 1.89 bits per heavy atom. The van der Waals surface area contributed by atoms with E-state index in [1.54, 1.807) is 12.1 Å². The maximum absolute atomic E-state index is 12.8. The maximum atomic E-state index is 12.8. The number of benzene rings is 1. The number of rotatable bonds is 4. The molecule has 0 radical (unpaired) electrons. The van der Waals surface area contributed by atoms with Gasteiger partial charge < -0.3 is 10.6 Å². The Morgan fingerprint density at radius 1 is 1.26 bits per heavy atom. The van der Waals surface area contributed by atoms with Crippen LogP contribution in [0.4, 0.5) is 5.69 Å². The van der Waals surface area contributed by atoms with Gasteiger partial charge in [-0.2, -0.15) is 0 Å². The second-order valence-electron chi connectivity index (χ2n) is 9.19.